The van der Waals surface area contributed by atoms with Crippen molar-refractivity contribution in [1.29, 1.82) is 0 Å². The van der Waals surface area contributed by atoms with Crippen LogP contribution in [-0.4, -0.2) is 18.0 Å². The van der Waals surface area contributed by atoms with Gasteiger partial charge in [-0.1, -0.05) is 37.6 Å². The predicted molar refractivity (Wildman–Crippen MR) is 83.1 cm³/mol. The summed E-state index contributed by atoms with van der Waals surface area (Å²) in [5, 5.41) is 9.92. The van der Waals surface area contributed by atoms with E-state index in [2.05, 4.69) is 6.92 Å². The van der Waals surface area contributed by atoms with Crippen LogP contribution in [0, 0.1) is 0 Å². The number of rotatable bonds is 6. The number of hydrogen-bond acceptors (Lipinski definition) is 3. The second kappa shape index (κ2) is 6.93. The van der Waals surface area contributed by atoms with Crippen LogP contribution in [0.25, 0.3) is 0 Å². The van der Waals surface area contributed by atoms with Crippen LogP contribution in [0.4, 0.5) is 0 Å². The Labute approximate surface area is 125 Å². The maximum Gasteiger partial charge on any atom is 0.196 e. The van der Waals surface area contributed by atoms with Gasteiger partial charge in [-0.15, -0.1) is 0 Å². The van der Waals surface area contributed by atoms with Gasteiger partial charge in [0.05, 0.1) is 12.7 Å². The minimum Gasteiger partial charge on any atom is -0.507 e. The van der Waals surface area contributed by atoms with Crippen molar-refractivity contribution < 1.29 is 14.6 Å². The molecule has 0 radical (unpaired) electrons. The first-order valence-electron chi connectivity index (χ1n) is 7.16. The molecule has 0 unspecified atom stereocenters. The second-order valence-corrected chi connectivity index (χ2v) is 5.01. The molecule has 0 aliphatic carbocycles. The molecule has 2 aromatic carbocycles. The molecule has 2 rings (SSSR count). The molecule has 1 N–H and O–H groups in total. The molecule has 0 atom stereocenters. The van der Waals surface area contributed by atoms with Crippen molar-refractivity contribution in [3.8, 4) is 11.5 Å². The molecule has 0 aliphatic rings. The maximum atomic E-state index is 12.4. The van der Waals surface area contributed by atoms with Gasteiger partial charge in [-0.2, -0.15) is 0 Å². The molecule has 3 heteroatoms. The topological polar surface area (TPSA) is 46.5 Å². The minimum absolute atomic E-state index is 0.0607. The van der Waals surface area contributed by atoms with Gasteiger partial charge < -0.3 is 9.84 Å². The van der Waals surface area contributed by atoms with Crippen LogP contribution in [0.3, 0.4) is 0 Å². The van der Waals surface area contributed by atoms with Crippen LogP contribution >= 0.6 is 0 Å². The van der Waals surface area contributed by atoms with Crippen LogP contribution in [0.1, 0.15) is 41.3 Å². The van der Waals surface area contributed by atoms with Crippen LogP contribution < -0.4 is 4.74 Å². The van der Waals surface area contributed by atoms with Crippen molar-refractivity contribution in [2.24, 2.45) is 0 Å². The number of carbonyl (C=O) groups excluding carboxylic acids is 1. The summed E-state index contributed by atoms with van der Waals surface area (Å²) in [6, 6.07) is 12.3. The molecular weight excluding hydrogens is 264 g/mol. The Kier molecular flexibility index (Phi) is 4.99. The van der Waals surface area contributed by atoms with Crippen LogP contribution in [0.5, 0.6) is 11.5 Å². The van der Waals surface area contributed by atoms with E-state index in [1.807, 2.05) is 24.3 Å². The lowest BCUT2D eigenvalue weighted by Crippen LogP contribution is -2.02. The first kappa shape index (κ1) is 15.1. The molecule has 110 valence electrons. The molecule has 2 aromatic rings. The number of carbonyl (C=O) groups is 1. The van der Waals surface area contributed by atoms with Gasteiger partial charge in [-0.25, -0.2) is 0 Å². The van der Waals surface area contributed by atoms with Crippen molar-refractivity contribution in [2.45, 2.75) is 26.2 Å². The molecule has 0 fully saturated rings. The molecule has 0 saturated carbocycles. The second-order valence-electron chi connectivity index (χ2n) is 5.01. The zero-order valence-corrected chi connectivity index (χ0v) is 12.4. The number of hydrogen-bond donors (Lipinski definition) is 1. The van der Waals surface area contributed by atoms with E-state index >= 15 is 0 Å². The quantitative estimate of drug-likeness (QED) is 0.816. The summed E-state index contributed by atoms with van der Waals surface area (Å²) in [5.74, 6) is 0.283. The Morgan fingerprint density at radius 1 is 1.14 bits per heavy atom. The van der Waals surface area contributed by atoms with Gasteiger partial charge in [0.25, 0.3) is 0 Å². The normalized spacial score (nSPS) is 10.4. The van der Waals surface area contributed by atoms with Crippen molar-refractivity contribution in [1.82, 2.24) is 0 Å². The van der Waals surface area contributed by atoms with Crippen LogP contribution in [0.2, 0.25) is 0 Å². The lowest BCUT2D eigenvalue weighted by atomic mass is 10.00. The number of phenolic OH excluding ortho intramolecular Hbond substituents is 1. The molecule has 0 aromatic heterocycles. The van der Waals surface area contributed by atoms with E-state index in [1.165, 1.54) is 18.7 Å². The fourth-order valence-electron chi connectivity index (χ4n) is 2.19. The fourth-order valence-corrected chi connectivity index (χ4v) is 2.19. The standard InChI is InChI=1S/C18H20O3/c1-3-4-5-13-6-8-14(9-7-13)18(20)16-11-10-15(21-2)12-17(16)19/h6-12,19H,3-5H2,1-2H3. The molecule has 0 spiro atoms. The number of methoxy groups -OCH3 is 1. The summed E-state index contributed by atoms with van der Waals surface area (Å²) < 4.78 is 5.02. The molecule has 0 aliphatic heterocycles. The summed E-state index contributed by atoms with van der Waals surface area (Å²) in [4.78, 5) is 12.4. The Bertz CT molecular complexity index is 615. The van der Waals surface area contributed by atoms with E-state index in [0.717, 1.165) is 19.3 Å². The van der Waals surface area contributed by atoms with Crippen LogP contribution in [-0.2, 0) is 6.42 Å². The van der Waals surface area contributed by atoms with E-state index in [0.29, 0.717) is 11.3 Å². The highest BCUT2D eigenvalue weighted by Crippen LogP contribution is 2.25. The average Bonchev–Trinajstić information content (AvgIpc) is 2.52. The van der Waals surface area contributed by atoms with Crippen molar-refractivity contribution in [3.63, 3.8) is 0 Å². The van der Waals surface area contributed by atoms with Gasteiger partial charge in [0.15, 0.2) is 5.78 Å². The van der Waals surface area contributed by atoms with E-state index in [9.17, 15) is 9.90 Å². The summed E-state index contributed by atoms with van der Waals surface area (Å²) in [6.45, 7) is 2.16. The summed E-state index contributed by atoms with van der Waals surface area (Å²) >= 11 is 0. The highest BCUT2D eigenvalue weighted by atomic mass is 16.5. The third-order valence-corrected chi connectivity index (χ3v) is 3.48. The van der Waals surface area contributed by atoms with Crippen LogP contribution in [0.15, 0.2) is 42.5 Å². The number of ketones is 1. The Morgan fingerprint density at radius 3 is 2.43 bits per heavy atom. The number of aromatic hydroxyl groups is 1. The predicted octanol–water partition coefficient (Wildman–Crippen LogP) is 3.97. The minimum atomic E-state index is -0.183. The zero-order valence-electron chi connectivity index (χ0n) is 12.4. The van der Waals surface area contributed by atoms with E-state index < -0.39 is 0 Å². The summed E-state index contributed by atoms with van der Waals surface area (Å²) in [5.41, 5.74) is 2.10. The average molecular weight is 284 g/mol. The summed E-state index contributed by atoms with van der Waals surface area (Å²) in [6.07, 6.45) is 3.33. The molecule has 21 heavy (non-hydrogen) atoms. The third kappa shape index (κ3) is 3.63. The first-order chi connectivity index (χ1) is 10.2. The summed E-state index contributed by atoms with van der Waals surface area (Å²) in [7, 11) is 1.52. The Balaban J connectivity index is 2.19. The van der Waals surface area contributed by atoms with Crippen molar-refractivity contribution >= 4 is 5.78 Å². The van der Waals surface area contributed by atoms with Gasteiger partial charge in [-0.05, 0) is 30.5 Å². The fraction of sp³-hybridized carbons (Fsp3) is 0.278. The number of ether oxygens (including phenoxy) is 1. The monoisotopic (exact) mass is 284 g/mol. The third-order valence-electron chi connectivity index (χ3n) is 3.48. The number of unbranched alkanes of at least 4 members (excludes halogenated alkanes) is 1. The van der Waals surface area contributed by atoms with E-state index in [-0.39, 0.29) is 17.1 Å². The molecule has 0 bridgehead atoms. The molecule has 3 nitrogen and oxygen atoms in total. The molecule has 0 amide bonds. The largest absolute Gasteiger partial charge is 0.507 e. The lowest BCUT2D eigenvalue weighted by Gasteiger charge is -2.07. The molecule has 0 saturated heterocycles. The molecule has 0 heterocycles. The van der Waals surface area contributed by atoms with Gasteiger partial charge >= 0.3 is 0 Å². The number of phenols is 1. The smallest absolute Gasteiger partial charge is 0.196 e. The van der Waals surface area contributed by atoms with Gasteiger partial charge in [0, 0.05) is 11.6 Å². The van der Waals surface area contributed by atoms with E-state index in [4.69, 9.17) is 4.74 Å². The maximum absolute atomic E-state index is 12.4. The van der Waals surface area contributed by atoms with Gasteiger partial charge in [0.1, 0.15) is 11.5 Å². The van der Waals surface area contributed by atoms with Crippen molar-refractivity contribution in [3.05, 3.63) is 59.2 Å². The zero-order chi connectivity index (χ0) is 15.2. The highest BCUT2D eigenvalue weighted by molar-refractivity contribution is 6.10. The van der Waals surface area contributed by atoms with Crippen molar-refractivity contribution in [2.75, 3.05) is 7.11 Å². The van der Waals surface area contributed by atoms with Gasteiger partial charge in [0.2, 0.25) is 0 Å². The Morgan fingerprint density at radius 2 is 1.86 bits per heavy atom. The first-order valence-corrected chi connectivity index (χ1v) is 7.16. The van der Waals surface area contributed by atoms with E-state index in [1.54, 1.807) is 12.1 Å². The number of aryl methyl sites for hydroxylation is 1. The molecular formula is C18H20O3. The van der Waals surface area contributed by atoms with Gasteiger partial charge in [-0.3, -0.25) is 4.79 Å². The number of benzene rings is 2. The SMILES string of the molecule is CCCCc1ccc(C(=O)c2ccc(OC)cc2O)cc1. The lowest BCUT2D eigenvalue weighted by molar-refractivity contribution is 0.103. The highest BCUT2D eigenvalue weighted by Gasteiger charge is 2.14. The Hall–Kier alpha value is -2.29.